The molecule has 0 spiro atoms. The SMILES string of the molecule is CC(C)S(=O)(=O)N1CCc2nc(NC(=O)c3ccc[nH]c3=O)sc2C1. The maximum atomic E-state index is 12.3. The molecule has 2 aromatic heterocycles. The van der Waals surface area contributed by atoms with E-state index in [1.54, 1.807) is 19.9 Å². The van der Waals surface area contributed by atoms with E-state index >= 15 is 0 Å². The quantitative estimate of drug-likeness (QED) is 0.825. The first kappa shape index (κ1) is 17.8. The Labute approximate surface area is 149 Å². The molecule has 0 unspecified atom stereocenters. The Morgan fingerprint density at radius 1 is 1.44 bits per heavy atom. The summed E-state index contributed by atoms with van der Waals surface area (Å²) in [5.41, 5.74) is 0.313. The van der Waals surface area contributed by atoms with Crippen LogP contribution in [0.4, 0.5) is 5.13 Å². The molecule has 1 amide bonds. The van der Waals surface area contributed by atoms with Gasteiger partial charge in [-0.2, -0.15) is 4.31 Å². The zero-order valence-corrected chi connectivity index (χ0v) is 15.4. The molecule has 0 atom stereocenters. The minimum absolute atomic E-state index is 0.000293. The second-order valence-corrected chi connectivity index (χ2v) is 9.51. The summed E-state index contributed by atoms with van der Waals surface area (Å²) in [4.78, 5) is 31.5. The van der Waals surface area contributed by atoms with Crippen LogP contribution in [0.25, 0.3) is 0 Å². The number of carbonyl (C=O) groups excluding carboxylic acids is 1. The van der Waals surface area contributed by atoms with Gasteiger partial charge in [-0.3, -0.25) is 14.9 Å². The highest BCUT2D eigenvalue weighted by Gasteiger charge is 2.31. The molecule has 3 rings (SSSR count). The Morgan fingerprint density at radius 3 is 2.88 bits per heavy atom. The van der Waals surface area contributed by atoms with E-state index in [0.717, 1.165) is 10.6 Å². The van der Waals surface area contributed by atoms with Crippen molar-refractivity contribution in [1.29, 1.82) is 0 Å². The number of fused-ring (bicyclic) bond motifs is 1. The number of amides is 1. The second-order valence-electron chi connectivity index (χ2n) is 5.93. The van der Waals surface area contributed by atoms with Crippen LogP contribution in [0.2, 0.25) is 0 Å². The van der Waals surface area contributed by atoms with Crippen LogP contribution in [0.5, 0.6) is 0 Å². The van der Waals surface area contributed by atoms with Gasteiger partial charge >= 0.3 is 0 Å². The normalized spacial score (nSPS) is 15.2. The highest BCUT2D eigenvalue weighted by Crippen LogP contribution is 2.30. The number of sulfonamides is 1. The number of carbonyl (C=O) groups is 1. The third-order valence-electron chi connectivity index (χ3n) is 3.94. The van der Waals surface area contributed by atoms with Gasteiger partial charge in [-0.05, 0) is 26.0 Å². The fourth-order valence-electron chi connectivity index (χ4n) is 2.51. The van der Waals surface area contributed by atoms with E-state index in [-0.39, 0.29) is 12.1 Å². The number of aromatic nitrogens is 2. The molecule has 25 heavy (non-hydrogen) atoms. The van der Waals surface area contributed by atoms with E-state index in [1.165, 1.54) is 27.9 Å². The summed E-state index contributed by atoms with van der Waals surface area (Å²) < 4.78 is 26.1. The number of rotatable bonds is 4. The van der Waals surface area contributed by atoms with Gasteiger partial charge in [0.25, 0.3) is 11.5 Å². The molecule has 8 nitrogen and oxygen atoms in total. The number of anilines is 1. The standard InChI is InChI=1S/C15H18N4O4S2/c1-9(2)25(22,23)19-7-5-11-12(8-19)24-15(17-11)18-14(21)10-4-3-6-16-13(10)20/h3-4,6,9H,5,7-8H2,1-2H3,(H,16,20)(H,17,18,21). The molecule has 1 aliphatic rings. The van der Waals surface area contributed by atoms with Crippen LogP contribution >= 0.6 is 11.3 Å². The molecule has 1 aliphatic heterocycles. The number of nitrogens with zero attached hydrogens (tertiary/aromatic N) is 2. The number of aromatic amines is 1. The number of nitrogens with one attached hydrogen (secondary N) is 2. The lowest BCUT2D eigenvalue weighted by Crippen LogP contribution is -2.39. The highest BCUT2D eigenvalue weighted by molar-refractivity contribution is 7.89. The number of H-pyrrole nitrogens is 1. The first-order chi connectivity index (χ1) is 11.8. The summed E-state index contributed by atoms with van der Waals surface area (Å²) >= 11 is 1.23. The summed E-state index contributed by atoms with van der Waals surface area (Å²) in [6.45, 7) is 3.94. The predicted octanol–water partition coefficient (Wildman–Crippen LogP) is 1.18. The zero-order valence-electron chi connectivity index (χ0n) is 13.8. The molecule has 0 aromatic carbocycles. The van der Waals surface area contributed by atoms with E-state index in [0.29, 0.717) is 18.1 Å². The molecule has 10 heteroatoms. The summed E-state index contributed by atoms with van der Waals surface area (Å²) in [6, 6.07) is 3.00. The Hall–Kier alpha value is -2.04. The molecule has 2 N–H and O–H groups in total. The van der Waals surface area contributed by atoms with Gasteiger partial charge in [0.05, 0.1) is 10.9 Å². The lowest BCUT2D eigenvalue weighted by molar-refractivity contribution is 0.102. The molecule has 0 fully saturated rings. The van der Waals surface area contributed by atoms with Crippen LogP contribution < -0.4 is 10.9 Å². The Balaban J connectivity index is 1.78. The summed E-state index contributed by atoms with van der Waals surface area (Å²) in [5, 5.41) is 2.50. The lowest BCUT2D eigenvalue weighted by atomic mass is 10.2. The molecule has 0 saturated carbocycles. The van der Waals surface area contributed by atoms with Crippen LogP contribution in [0.15, 0.2) is 23.1 Å². The predicted molar refractivity (Wildman–Crippen MR) is 95.3 cm³/mol. The Morgan fingerprint density at radius 2 is 2.20 bits per heavy atom. The monoisotopic (exact) mass is 382 g/mol. The van der Waals surface area contributed by atoms with Crippen molar-refractivity contribution in [2.45, 2.75) is 32.1 Å². The lowest BCUT2D eigenvalue weighted by Gasteiger charge is -2.26. The van der Waals surface area contributed by atoms with Crippen LogP contribution in [0, 0.1) is 0 Å². The molecule has 0 radical (unpaired) electrons. The highest BCUT2D eigenvalue weighted by atomic mass is 32.2. The van der Waals surface area contributed by atoms with Crippen molar-refractivity contribution in [3.63, 3.8) is 0 Å². The van der Waals surface area contributed by atoms with Gasteiger partial charge in [-0.25, -0.2) is 13.4 Å². The Kier molecular flexibility index (Phi) is 4.76. The van der Waals surface area contributed by atoms with Gasteiger partial charge in [-0.15, -0.1) is 11.3 Å². The topological polar surface area (TPSA) is 112 Å². The molecule has 3 heterocycles. The average Bonchev–Trinajstić information content (AvgIpc) is 2.96. The zero-order chi connectivity index (χ0) is 18.2. The van der Waals surface area contributed by atoms with Crippen molar-refractivity contribution < 1.29 is 13.2 Å². The van der Waals surface area contributed by atoms with Gasteiger partial charge in [-0.1, -0.05) is 0 Å². The number of pyridine rings is 1. The van der Waals surface area contributed by atoms with Crippen molar-refractivity contribution in [2.75, 3.05) is 11.9 Å². The van der Waals surface area contributed by atoms with Crippen molar-refractivity contribution in [3.8, 4) is 0 Å². The Bertz CT molecular complexity index is 962. The van der Waals surface area contributed by atoms with Gasteiger partial charge in [0, 0.05) is 30.6 Å². The minimum Gasteiger partial charge on any atom is -0.328 e. The second kappa shape index (κ2) is 6.70. The van der Waals surface area contributed by atoms with E-state index in [4.69, 9.17) is 0 Å². The van der Waals surface area contributed by atoms with Crippen LogP contribution in [0.1, 0.15) is 34.8 Å². The van der Waals surface area contributed by atoms with Gasteiger partial charge in [0.1, 0.15) is 5.56 Å². The minimum atomic E-state index is -3.33. The van der Waals surface area contributed by atoms with Crippen LogP contribution in [-0.2, 0) is 23.0 Å². The third kappa shape index (κ3) is 3.51. The maximum Gasteiger partial charge on any atom is 0.263 e. The smallest absolute Gasteiger partial charge is 0.263 e. The van der Waals surface area contributed by atoms with Crippen LogP contribution in [-0.4, -0.2) is 40.4 Å². The van der Waals surface area contributed by atoms with E-state index in [9.17, 15) is 18.0 Å². The number of hydrogen-bond donors (Lipinski definition) is 2. The molecule has 0 saturated heterocycles. The fraction of sp³-hybridized carbons (Fsp3) is 0.400. The first-order valence-electron chi connectivity index (χ1n) is 7.75. The third-order valence-corrected chi connectivity index (χ3v) is 7.16. The van der Waals surface area contributed by atoms with Gasteiger partial charge in [0.15, 0.2) is 5.13 Å². The van der Waals surface area contributed by atoms with Crippen molar-refractivity contribution in [1.82, 2.24) is 14.3 Å². The molecule has 134 valence electrons. The van der Waals surface area contributed by atoms with E-state index < -0.39 is 26.7 Å². The summed E-state index contributed by atoms with van der Waals surface area (Å²) in [5.74, 6) is -0.542. The maximum absolute atomic E-state index is 12.3. The van der Waals surface area contributed by atoms with E-state index in [1.807, 2.05) is 0 Å². The number of thiazole rings is 1. The molecule has 2 aromatic rings. The molecule has 0 bridgehead atoms. The first-order valence-corrected chi connectivity index (χ1v) is 10.1. The van der Waals surface area contributed by atoms with E-state index in [2.05, 4.69) is 15.3 Å². The molecule has 0 aliphatic carbocycles. The van der Waals surface area contributed by atoms with Crippen molar-refractivity contribution in [3.05, 3.63) is 44.8 Å². The number of hydrogen-bond acceptors (Lipinski definition) is 6. The van der Waals surface area contributed by atoms with Crippen LogP contribution in [0.3, 0.4) is 0 Å². The molecular formula is C15H18N4O4S2. The van der Waals surface area contributed by atoms with Gasteiger partial charge < -0.3 is 4.98 Å². The van der Waals surface area contributed by atoms with Crippen molar-refractivity contribution >= 4 is 32.4 Å². The van der Waals surface area contributed by atoms with Crippen molar-refractivity contribution in [2.24, 2.45) is 0 Å². The molecular weight excluding hydrogens is 364 g/mol. The average molecular weight is 382 g/mol. The fourth-order valence-corrected chi connectivity index (χ4v) is 4.86. The largest absolute Gasteiger partial charge is 0.328 e. The summed E-state index contributed by atoms with van der Waals surface area (Å²) in [7, 11) is -3.33. The van der Waals surface area contributed by atoms with Gasteiger partial charge in [0.2, 0.25) is 10.0 Å². The summed E-state index contributed by atoms with van der Waals surface area (Å²) in [6.07, 6.45) is 1.95.